The molecule has 0 aliphatic heterocycles. The molecule has 0 spiro atoms. The quantitative estimate of drug-likeness (QED) is 0.581. The number of fused-ring (bicyclic) bond motifs is 3. The fourth-order valence-corrected chi connectivity index (χ4v) is 2.54. The number of hydrogen-bond acceptors (Lipinski definition) is 3. The number of pyridine rings is 1. The van der Waals surface area contributed by atoms with Crippen LogP contribution in [0.4, 0.5) is 10.2 Å². The Balaban J connectivity index is 2.13. The predicted octanol–water partition coefficient (Wildman–Crippen LogP) is 3.30. The minimum Gasteiger partial charge on any atom is -0.382 e. The lowest BCUT2D eigenvalue weighted by molar-refractivity contribution is 0.627. The average Bonchev–Trinajstić information content (AvgIpc) is 2.94. The van der Waals surface area contributed by atoms with Crippen LogP contribution < -0.4 is 5.73 Å². The van der Waals surface area contributed by atoms with Gasteiger partial charge >= 0.3 is 0 Å². The van der Waals surface area contributed by atoms with Gasteiger partial charge in [0.05, 0.1) is 11.0 Å². The molecule has 21 heavy (non-hydrogen) atoms. The van der Waals surface area contributed by atoms with Crippen LogP contribution in [0.15, 0.2) is 54.9 Å². The molecule has 0 saturated heterocycles. The van der Waals surface area contributed by atoms with Crippen LogP contribution >= 0.6 is 0 Å². The highest BCUT2D eigenvalue weighted by Gasteiger charge is 2.12. The Morgan fingerprint density at radius 1 is 1.00 bits per heavy atom. The standard InChI is InChI=1S/C16H11FN4/c17-10-5-7-11(8-6-10)21-9-19-14-15(21)12-3-1-2-4-13(12)20-16(14)18/h1-9H,(H2,18,20). The van der Waals surface area contributed by atoms with Crippen molar-refractivity contribution in [3.8, 4) is 5.69 Å². The minimum atomic E-state index is -0.269. The molecule has 0 fully saturated rings. The third kappa shape index (κ3) is 1.74. The number of imidazole rings is 1. The van der Waals surface area contributed by atoms with Gasteiger partial charge in [-0.05, 0) is 30.3 Å². The number of halogens is 1. The van der Waals surface area contributed by atoms with Crippen LogP contribution in [0.5, 0.6) is 0 Å². The van der Waals surface area contributed by atoms with E-state index >= 15 is 0 Å². The summed E-state index contributed by atoms with van der Waals surface area (Å²) in [5.74, 6) is 0.124. The van der Waals surface area contributed by atoms with Crippen molar-refractivity contribution in [1.82, 2.24) is 14.5 Å². The highest BCUT2D eigenvalue weighted by atomic mass is 19.1. The first-order chi connectivity index (χ1) is 10.2. The summed E-state index contributed by atoms with van der Waals surface area (Å²) in [4.78, 5) is 8.72. The topological polar surface area (TPSA) is 56.7 Å². The van der Waals surface area contributed by atoms with Gasteiger partial charge in [-0.1, -0.05) is 18.2 Å². The van der Waals surface area contributed by atoms with E-state index in [4.69, 9.17) is 5.73 Å². The molecule has 0 atom stereocenters. The lowest BCUT2D eigenvalue weighted by Gasteiger charge is -2.07. The van der Waals surface area contributed by atoms with Crippen LogP contribution in [0.1, 0.15) is 0 Å². The first-order valence-corrected chi connectivity index (χ1v) is 6.51. The molecule has 0 unspecified atom stereocenters. The Morgan fingerprint density at radius 2 is 1.76 bits per heavy atom. The van der Waals surface area contributed by atoms with Gasteiger partial charge in [-0.3, -0.25) is 4.57 Å². The summed E-state index contributed by atoms with van der Waals surface area (Å²) in [7, 11) is 0. The molecule has 0 saturated carbocycles. The zero-order valence-corrected chi connectivity index (χ0v) is 11.0. The van der Waals surface area contributed by atoms with Crippen LogP contribution in [0.2, 0.25) is 0 Å². The Morgan fingerprint density at radius 3 is 2.57 bits per heavy atom. The van der Waals surface area contributed by atoms with E-state index in [1.165, 1.54) is 12.1 Å². The summed E-state index contributed by atoms with van der Waals surface area (Å²) in [6.07, 6.45) is 1.68. The Labute approximate surface area is 119 Å². The summed E-state index contributed by atoms with van der Waals surface area (Å²) in [5.41, 5.74) is 9.16. The highest BCUT2D eigenvalue weighted by molar-refractivity contribution is 6.06. The van der Waals surface area contributed by atoms with Gasteiger partial charge in [0, 0.05) is 11.1 Å². The zero-order valence-electron chi connectivity index (χ0n) is 11.0. The van der Waals surface area contributed by atoms with Crippen molar-refractivity contribution in [3.05, 3.63) is 60.7 Å². The van der Waals surface area contributed by atoms with Crippen molar-refractivity contribution in [1.29, 1.82) is 0 Å². The lowest BCUT2D eigenvalue weighted by Crippen LogP contribution is -1.96. The summed E-state index contributed by atoms with van der Waals surface area (Å²) in [5, 5.41) is 0.962. The second kappa shape index (κ2) is 4.28. The maximum atomic E-state index is 13.1. The second-order valence-electron chi connectivity index (χ2n) is 4.80. The van der Waals surface area contributed by atoms with Gasteiger partial charge in [-0.25, -0.2) is 14.4 Å². The molecule has 4 nitrogen and oxygen atoms in total. The van der Waals surface area contributed by atoms with E-state index in [1.807, 2.05) is 28.8 Å². The van der Waals surface area contributed by atoms with Crippen molar-refractivity contribution >= 4 is 27.8 Å². The third-order valence-electron chi connectivity index (χ3n) is 3.52. The van der Waals surface area contributed by atoms with Crippen LogP contribution in [0.3, 0.4) is 0 Å². The number of nitrogens with zero attached hydrogens (tertiary/aromatic N) is 3. The smallest absolute Gasteiger partial charge is 0.152 e. The summed E-state index contributed by atoms with van der Waals surface area (Å²) in [6.45, 7) is 0. The van der Waals surface area contributed by atoms with Gasteiger partial charge in [-0.15, -0.1) is 0 Å². The molecule has 4 rings (SSSR count). The third-order valence-corrected chi connectivity index (χ3v) is 3.52. The van der Waals surface area contributed by atoms with Gasteiger partial charge in [0.15, 0.2) is 5.82 Å². The fraction of sp³-hybridized carbons (Fsp3) is 0. The van der Waals surface area contributed by atoms with E-state index in [2.05, 4.69) is 9.97 Å². The van der Waals surface area contributed by atoms with Crippen molar-refractivity contribution in [3.63, 3.8) is 0 Å². The largest absolute Gasteiger partial charge is 0.382 e. The summed E-state index contributed by atoms with van der Waals surface area (Å²) >= 11 is 0. The number of nitrogens with two attached hydrogens (primary N) is 1. The average molecular weight is 278 g/mol. The zero-order chi connectivity index (χ0) is 14.4. The van der Waals surface area contributed by atoms with Crippen LogP contribution in [-0.2, 0) is 0 Å². The van der Waals surface area contributed by atoms with E-state index in [-0.39, 0.29) is 5.82 Å². The maximum Gasteiger partial charge on any atom is 0.152 e. The van der Waals surface area contributed by atoms with Crippen molar-refractivity contribution in [2.24, 2.45) is 0 Å². The Bertz CT molecular complexity index is 957. The molecule has 0 amide bonds. The molecule has 2 aromatic carbocycles. The first-order valence-electron chi connectivity index (χ1n) is 6.51. The van der Waals surface area contributed by atoms with E-state index in [1.54, 1.807) is 18.5 Å². The summed E-state index contributed by atoms with van der Waals surface area (Å²) in [6, 6.07) is 14.0. The Kier molecular flexibility index (Phi) is 2.41. The molecular weight excluding hydrogens is 267 g/mol. The van der Waals surface area contributed by atoms with E-state index in [9.17, 15) is 4.39 Å². The minimum absolute atomic E-state index is 0.269. The van der Waals surface area contributed by atoms with Crippen molar-refractivity contribution < 1.29 is 4.39 Å². The molecule has 4 aromatic rings. The number of benzene rings is 2. The maximum absolute atomic E-state index is 13.1. The molecule has 2 N–H and O–H groups in total. The number of hydrogen-bond donors (Lipinski definition) is 1. The number of rotatable bonds is 1. The van der Waals surface area contributed by atoms with E-state index in [0.717, 1.165) is 22.1 Å². The number of aromatic nitrogens is 3. The molecule has 0 aliphatic carbocycles. The molecule has 0 radical (unpaired) electrons. The first kappa shape index (κ1) is 11.8. The monoisotopic (exact) mass is 278 g/mol. The van der Waals surface area contributed by atoms with Gasteiger partial charge in [0.25, 0.3) is 0 Å². The number of nitrogen functional groups attached to an aromatic ring is 1. The summed E-state index contributed by atoms with van der Waals surface area (Å²) < 4.78 is 15.0. The molecule has 0 bridgehead atoms. The van der Waals surface area contributed by atoms with Gasteiger partial charge in [-0.2, -0.15) is 0 Å². The number of anilines is 1. The molecule has 2 heterocycles. The molecule has 5 heteroatoms. The van der Waals surface area contributed by atoms with Crippen molar-refractivity contribution in [2.45, 2.75) is 0 Å². The van der Waals surface area contributed by atoms with Crippen LogP contribution in [-0.4, -0.2) is 14.5 Å². The van der Waals surface area contributed by atoms with Gasteiger partial charge in [0.2, 0.25) is 0 Å². The molecular formula is C16H11FN4. The highest BCUT2D eigenvalue weighted by Crippen LogP contribution is 2.28. The normalized spacial score (nSPS) is 11.3. The van der Waals surface area contributed by atoms with E-state index in [0.29, 0.717) is 11.3 Å². The predicted molar refractivity (Wildman–Crippen MR) is 80.7 cm³/mol. The molecule has 2 aromatic heterocycles. The molecule has 0 aliphatic rings. The Hall–Kier alpha value is -2.95. The lowest BCUT2D eigenvalue weighted by atomic mass is 10.2. The SMILES string of the molecule is Nc1nc2ccccc2c2c1ncn2-c1ccc(F)cc1. The fourth-order valence-electron chi connectivity index (χ4n) is 2.54. The van der Waals surface area contributed by atoms with Gasteiger partial charge < -0.3 is 5.73 Å². The van der Waals surface area contributed by atoms with Crippen LogP contribution in [0.25, 0.3) is 27.6 Å². The second-order valence-corrected chi connectivity index (χ2v) is 4.80. The van der Waals surface area contributed by atoms with E-state index < -0.39 is 0 Å². The van der Waals surface area contributed by atoms with Crippen LogP contribution in [0, 0.1) is 5.82 Å². The molecule has 102 valence electrons. The van der Waals surface area contributed by atoms with Crippen molar-refractivity contribution in [2.75, 3.05) is 5.73 Å². The van der Waals surface area contributed by atoms with Gasteiger partial charge in [0.1, 0.15) is 17.7 Å². The number of para-hydroxylation sites is 1.